The van der Waals surface area contributed by atoms with Crippen LogP contribution in [-0.4, -0.2) is 30.1 Å². The van der Waals surface area contributed by atoms with Crippen LogP contribution in [0.4, 0.5) is 0 Å². The van der Waals surface area contributed by atoms with Gasteiger partial charge in [0.15, 0.2) is 0 Å². The first kappa shape index (κ1) is 17.1. The first-order chi connectivity index (χ1) is 10.1. The molecule has 0 aliphatic carbocycles. The number of hydrogen-bond donors (Lipinski definition) is 0. The van der Waals surface area contributed by atoms with Gasteiger partial charge in [0.2, 0.25) is 0 Å². The normalized spacial score (nSPS) is 12.0. The number of hydrogen-bond acceptors (Lipinski definition) is 5. The predicted molar refractivity (Wildman–Crippen MR) is 78.7 cm³/mol. The van der Waals surface area contributed by atoms with Crippen molar-refractivity contribution in [3.05, 3.63) is 30.1 Å². The largest absolute Gasteiger partial charge is 0.462 e. The fraction of sp³-hybridized carbons (Fsp3) is 0.562. The number of carbonyl (C=O) groups is 2. The highest BCUT2D eigenvalue weighted by Crippen LogP contribution is 2.18. The standard InChI is InChI=1S/C16H23NO4/c1-4-7-13(12(2)3)15(18)20-10-11-21-16(19)14-8-5-6-9-17-14/h5-6,8-9,12-13H,4,7,10-11H2,1-3H3. The van der Waals surface area contributed by atoms with Crippen molar-refractivity contribution in [2.75, 3.05) is 13.2 Å². The van der Waals surface area contributed by atoms with Crippen molar-refractivity contribution in [1.29, 1.82) is 0 Å². The van der Waals surface area contributed by atoms with Gasteiger partial charge in [0.05, 0.1) is 5.92 Å². The van der Waals surface area contributed by atoms with Crippen LogP contribution in [0.15, 0.2) is 24.4 Å². The van der Waals surface area contributed by atoms with Crippen LogP contribution in [0.2, 0.25) is 0 Å². The SMILES string of the molecule is CCCC(C(=O)OCCOC(=O)c1ccccn1)C(C)C. The van der Waals surface area contributed by atoms with Gasteiger partial charge in [0.1, 0.15) is 18.9 Å². The first-order valence-corrected chi connectivity index (χ1v) is 7.31. The second-order valence-corrected chi connectivity index (χ2v) is 5.16. The summed E-state index contributed by atoms with van der Waals surface area (Å²) in [7, 11) is 0. The maximum atomic E-state index is 11.9. The Labute approximate surface area is 125 Å². The minimum Gasteiger partial charge on any atom is -0.462 e. The summed E-state index contributed by atoms with van der Waals surface area (Å²) < 4.78 is 10.2. The first-order valence-electron chi connectivity index (χ1n) is 7.31. The molecule has 1 heterocycles. The summed E-state index contributed by atoms with van der Waals surface area (Å²) in [4.78, 5) is 27.4. The molecule has 0 amide bonds. The van der Waals surface area contributed by atoms with E-state index >= 15 is 0 Å². The van der Waals surface area contributed by atoms with Gasteiger partial charge in [-0.05, 0) is 24.5 Å². The number of carbonyl (C=O) groups excluding carboxylic acids is 2. The van der Waals surface area contributed by atoms with Gasteiger partial charge in [-0.2, -0.15) is 0 Å². The molecule has 0 N–H and O–H groups in total. The molecule has 0 aliphatic heterocycles. The molecule has 0 saturated heterocycles. The molecule has 0 aromatic carbocycles. The monoisotopic (exact) mass is 293 g/mol. The number of aromatic nitrogens is 1. The van der Waals surface area contributed by atoms with E-state index in [2.05, 4.69) is 4.98 Å². The number of pyridine rings is 1. The second kappa shape index (κ2) is 9.10. The van der Waals surface area contributed by atoms with Crippen molar-refractivity contribution >= 4 is 11.9 Å². The fourth-order valence-electron chi connectivity index (χ4n) is 1.98. The van der Waals surface area contributed by atoms with E-state index in [-0.39, 0.29) is 36.7 Å². The molecule has 1 aromatic heterocycles. The molecule has 0 radical (unpaired) electrons. The van der Waals surface area contributed by atoms with Crippen LogP contribution in [0.5, 0.6) is 0 Å². The Bertz CT molecular complexity index is 445. The lowest BCUT2D eigenvalue weighted by atomic mass is 9.92. The van der Waals surface area contributed by atoms with E-state index in [1.165, 1.54) is 6.20 Å². The summed E-state index contributed by atoms with van der Waals surface area (Å²) in [5.74, 6) is -0.587. The maximum absolute atomic E-state index is 11.9. The number of esters is 2. The Hall–Kier alpha value is -1.91. The van der Waals surface area contributed by atoms with Crippen molar-refractivity contribution in [2.45, 2.75) is 33.6 Å². The molecule has 1 atom stereocenters. The van der Waals surface area contributed by atoms with Crippen molar-refractivity contribution in [2.24, 2.45) is 11.8 Å². The van der Waals surface area contributed by atoms with Crippen LogP contribution in [0.25, 0.3) is 0 Å². The quantitative estimate of drug-likeness (QED) is 0.544. The lowest BCUT2D eigenvalue weighted by Crippen LogP contribution is -2.24. The highest BCUT2D eigenvalue weighted by atomic mass is 16.6. The van der Waals surface area contributed by atoms with E-state index in [1.807, 2.05) is 20.8 Å². The third kappa shape index (κ3) is 5.94. The van der Waals surface area contributed by atoms with Crippen LogP contribution in [0.3, 0.4) is 0 Å². The van der Waals surface area contributed by atoms with Crippen LogP contribution >= 0.6 is 0 Å². The molecular weight excluding hydrogens is 270 g/mol. The number of ether oxygens (including phenoxy) is 2. The number of nitrogens with zero attached hydrogens (tertiary/aromatic N) is 1. The smallest absolute Gasteiger partial charge is 0.357 e. The van der Waals surface area contributed by atoms with E-state index in [4.69, 9.17) is 9.47 Å². The summed E-state index contributed by atoms with van der Waals surface area (Å²) in [5.41, 5.74) is 0.245. The minimum atomic E-state index is -0.513. The molecule has 21 heavy (non-hydrogen) atoms. The average molecular weight is 293 g/mol. The van der Waals surface area contributed by atoms with E-state index < -0.39 is 5.97 Å². The molecule has 5 heteroatoms. The van der Waals surface area contributed by atoms with Crippen molar-refractivity contribution in [3.63, 3.8) is 0 Å². The van der Waals surface area contributed by atoms with Gasteiger partial charge >= 0.3 is 11.9 Å². The maximum Gasteiger partial charge on any atom is 0.357 e. The third-order valence-corrected chi connectivity index (χ3v) is 3.14. The molecule has 0 spiro atoms. The van der Waals surface area contributed by atoms with Crippen LogP contribution in [-0.2, 0) is 14.3 Å². The molecule has 5 nitrogen and oxygen atoms in total. The minimum absolute atomic E-state index is 0.0398. The Morgan fingerprint density at radius 1 is 1.19 bits per heavy atom. The zero-order valence-electron chi connectivity index (χ0n) is 12.9. The van der Waals surface area contributed by atoms with E-state index in [9.17, 15) is 9.59 Å². The van der Waals surface area contributed by atoms with Gasteiger partial charge in [0, 0.05) is 6.20 Å². The highest BCUT2D eigenvalue weighted by Gasteiger charge is 2.22. The molecule has 0 bridgehead atoms. The summed E-state index contributed by atoms with van der Waals surface area (Å²) in [6.07, 6.45) is 3.27. The second-order valence-electron chi connectivity index (χ2n) is 5.16. The Morgan fingerprint density at radius 3 is 2.48 bits per heavy atom. The van der Waals surface area contributed by atoms with Crippen molar-refractivity contribution in [3.8, 4) is 0 Å². The average Bonchev–Trinajstić information content (AvgIpc) is 2.49. The zero-order valence-corrected chi connectivity index (χ0v) is 12.9. The van der Waals surface area contributed by atoms with E-state index in [1.54, 1.807) is 18.2 Å². The molecular formula is C16H23NO4. The topological polar surface area (TPSA) is 65.5 Å². The molecule has 1 aromatic rings. The Kier molecular flexibility index (Phi) is 7.43. The lowest BCUT2D eigenvalue weighted by molar-refractivity contribution is -0.151. The highest BCUT2D eigenvalue weighted by molar-refractivity contribution is 5.87. The van der Waals surface area contributed by atoms with E-state index in [0.717, 1.165) is 12.8 Å². The van der Waals surface area contributed by atoms with E-state index in [0.29, 0.717) is 0 Å². The Morgan fingerprint density at radius 2 is 1.90 bits per heavy atom. The predicted octanol–water partition coefficient (Wildman–Crippen LogP) is 2.85. The summed E-state index contributed by atoms with van der Waals surface area (Å²) in [6.45, 7) is 6.16. The molecule has 1 rings (SSSR count). The van der Waals surface area contributed by atoms with Gasteiger partial charge in [0.25, 0.3) is 0 Å². The van der Waals surface area contributed by atoms with Crippen LogP contribution < -0.4 is 0 Å². The van der Waals surface area contributed by atoms with Gasteiger partial charge < -0.3 is 9.47 Å². The lowest BCUT2D eigenvalue weighted by Gasteiger charge is -2.18. The van der Waals surface area contributed by atoms with Crippen LogP contribution in [0.1, 0.15) is 44.1 Å². The molecule has 0 aliphatic rings. The summed E-state index contributed by atoms with van der Waals surface area (Å²) in [6, 6.07) is 5.00. The fourth-order valence-corrected chi connectivity index (χ4v) is 1.98. The zero-order chi connectivity index (χ0) is 15.7. The number of rotatable bonds is 8. The molecule has 0 saturated carbocycles. The molecule has 0 fully saturated rings. The molecule has 1 unspecified atom stereocenters. The van der Waals surface area contributed by atoms with Crippen molar-refractivity contribution in [1.82, 2.24) is 4.98 Å². The van der Waals surface area contributed by atoms with Gasteiger partial charge in [-0.15, -0.1) is 0 Å². The summed E-state index contributed by atoms with van der Waals surface area (Å²) >= 11 is 0. The molecule has 116 valence electrons. The van der Waals surface area contributed by atoms with Gasteiger partial charge in [-0.25, -0.2) is 9.78 Å². The third-order valence-electron chi connectivity index (χ3n) is 3.14. The van der Waals surface area contributed by atoms with Gasteiger partial charge in [-0.1, -0.05) is 33.3 Å². The Balaban J connectivity index is 2.30. The van der Waals surface area contributed by atoms with Crippen molar-refractivity contribution < 1.29 is 19.1 Å². The van der Waals surface area contributed by atoms with Crippen LogP contribution in [0, 0.1) is 11.8 Å². The van der Waals surface area contributed by atoms with Gasteiger partial charge in [-0.3, -0.25) is 4.79 Å². The summed E-state index contributed by atoms with van der Waals surface area (Å²) in [5, 5.41) is 0.